The highest BCUT2D eigenvalue weighted by molar-refractivity contribution is 9.10. The van der Waals surface area contributed by atoms with Gasteiger partial charge in [-0.15, -0.1) is 0 Å². The van der Waals surface area contributed by atoms with Crippen molar-refractivity contribution < 1.29 is 4.79 Å². The molecule has 4 aromatic rings. The number of carbonyl (C=O) groups excluding carboxylic acids is 1. The number of hydrogen-bond donors (Lipinski definition) is 0. The minimum absolute atomic E-state index is 0.258. The van der Waals surface area contributed by atoms with Crippen molar-refractivity contribution >= 4 is 54.3 Å². The minimum atomic E-state index is -0.258. The smallest absolute Gasteiger partial charge is 0.279 e. The van der Waals surface area contributed by atoms with Gasteiger partial charge in [0.05, 0.1) is 15.7 Å². The molecule has 0 aliphatic rings. The summed E-state index contributed by atoms with van der Waals surface area (Å²) in [6.45, 7) is 1.94. The Morgan fingerprint density at radius 1 is 1.16 bits per heavy atom. The van der Waals surface area contributed by atoms with Crippen LogP contribution in [0.2, 0.25) is 0 Å². The second kappa shape index (κ2) is 6.20. The number of aryl methyl sites for hydroxylation is 2. The van der Waals surface area contributed by atoms with E-state index in [1.54, 1.807) is 12.1 Å². The van der Waals surface area contributed by atoms with Crippen LogP contribution < -0.4 is 4.80 Å². The summed E-state index contributed by atoms with van der Waals surface area (Å²) in [6, 6.07) is 15.5. The summed E-state index contributed by atoms with van der Waals surface area (Å²) in [5.41, 5.74) is 3.33. The predicted molar refractivity (Wildman–Crippen MR) is 105 cm³/mol. The molecule has 2 heterocycles. The summed E-state index contributed by atoms with van der Waals surface area (Å²) in [5.74, 6) is -0.258. The monoisotopic (exact) mass is 411 g/mol. The van der Waals surface area contributed by atoms with Crippen LogP contribution >= 0.6 is 27.3 Å². The van der Waals surface area contributed by atoms with Crippen LogP contribution in [-0.2, 0) is 7.05 Å². The summed E-state index contributed by atoms with van der Waals surface area (Å²) in [6.07, 6.45) is 0. The van der Waals surface area contributed by atoms with Gasteiger partial charge in [-0.3, -0.25) is 9.78 Å². The highest BCUT2D eigenvalue weighted by Gasteiger charge is 2.09. The van der Waals surface area contributed by atoms with Crippen molar-refractivity contribution in [2.75, 3.05) is 0 Å². The molecule has 2 aromatic heterocycles. The van der Waals surface area contributed by atoms with Gasteiger partial charge in [-0.1, -0.05) is 39.4 Å². The number of carbonyl (C=O) groups is 1. The largest absolute Gasteiger partial charge is 0.319 e. The number of amides is 1. The van der Waals surface area contributed by atoms with Gasteiger partial charge in [-0.25, -0.2) is 0 Å². The van der Waals surface area contributed by atoms with Crippen molar-refractivity contribution in [3.63, 3.8) is 0 Å². The number of rotatable bonds is 1. The Morgan fingerprint density at radius 3 is 2.80 bits per heavy atom. The molecule has 0 aliphatic carbocycles. The number of nitrogens with zero attached hydrogens (tertiary/aromatic N) is 3. The van der Waals surface area contributed by atoms with E-state index in [2.05, 4.69) is 25.9 Å². The van der Waals surface area contributed by atoms with Crippen LogP contribution in [0.3, 0.4) is 0 Å². The van der Waals surface area contributed by atoms with E-state index in [-0.39, 0.29) is 5.91 Å². The van der Waals surface area contributed by atoms with Gasteiger partial charge in [0.2, 0.25) is 0 Å². The van der Waals surface area contributed by atoms with E-state index in [1.165, 1.54) is 11.3 Å². The molecule has 0 atom stereocenters. The van der Waals surface area contributed by atoms with Crippen LogP contribution in [0.1, 0.15) is 16.1 Å². The number of hydrogen-bond acceptors (Lipinski definition) is 3. The molecule has 0 N–H and O–H groups in total. The SMILES string of the molecule is Cc1ccc2ccc(C(=O)N=c3sc4cc(Br)ccc4n3C)cc2n1. The number of fused-ring (bicyclic) bond motifs is 2. The standard InChI is InChI=1S/C19H14BrN3OS/c1-11-3-4-12-5-6-13(9-15(12)21-11)18(24)22-19-23(2)16-8-7-14(20)10-17(16)25-19/h3-10H,1-2H3. The lowest BCUT2D eigenvalue weighted by Gasteiger charge is -2.01. The first kappa shape index (κ1) is 16.2. The van der Waals surface area contributed by atoms with E-state index < -0.39 is 0 Å². The van der Waals surface area contributed by atoms with Crippen molar-refractivity contribution in [2.45, 2.75) is 6.92 Å². The number of thiazole rings is 1. The van der Waals surface area contributed by atoms with E-state index >= 15 is 0 Å². The molecule has 124 valence electrons. The van der Waals surface area contributed by atoms with Crippen molar-refractivity contribution in [1.82, 2.24) is 9.55 Å². The predicted octanol–water partition coefficient (Wildman–Crippen LogP) is 4.60. The van der Waals surface area contributed by atoms with Crippen molar-refractivity contribution in [1.29, 1.82) is 0 Å². The molecule has 0 unspecified atom stereocenters. The zero-order chi connectivity index (χ0) is 17.6. The summed E-state index contributed by atoms with van der Waals surface area (Å²) < 4.78 is 4.03. The molecule has 0 bridgehead atoms. The molecular formula is C19H14BrN3OS. The van der Waals surface area contributed by atoms with Gasteiger partial charge < -0.3 is 4.57 Å². The Hall–Kier alpha value is -2.31. The van der Waals surface area contributed by atoms with E-state index in [4.69, 9.17) is 0 Å². The quantitative estimate of drug-likeness (QED) is 0.459. The zero-order valence-corrected chi connectivity index (χ0v) is 16.1. The van der Waals surface area contributed by atoms with Crippen LogP contribution in [0.5, 0.6) is 0 Å². The van der Waals surface area contributed by atoms with Crippen LogP contribution in [0.4, 0.5) is 0 Å². The van der Waals surface area contributed by atoms with E-state index in [9.17, 15) is 4.79 Å². The molecule has 25 heavy (non-hydrogen) atoms. The van der Waals surface area contributed by atoms with Gasteiger partial charge in [0, 0.05) is 28.2 Å². The van der Waals surface area contributed by atoms with Gasteiger partial charge in [0.15, 0.2) is 4.80 Å². The summed E-state index contributed by atoms with van der Waals surface area (Å²) in [4.78, 5) is 22.1. The van der Waals surface area contributed by atoms with Crippen LogP contribution in [-0.4, -0.2) is 15.5 Å². The molecule has 0 fully saturated rings. The fourth-order valence-corrected chi connectivity index (χ4v) is 4.29. The first-order valence-corrected chi connectivity index (χ1v) is 9.34. The van der Waals surface area contributed by atoms with Crippen molar-refractivity contribution in [3.05, 3.63) is 69.1 Å². The average molecular weight is 412 g/mol. The zero-order valence-electron chi connectivity index (χ0n) is 13.7. The van der Waals surface area contributed by atoms with Gasteiger partial charge in [-0.05, 0) is 43.3 Å². The van der Waals surface area contributed by atoms with E-state index in [1.807, 2.05) is 54.9 Å². The Kier molecular flexibility index (Phi) is 4.01. The molecule has 4 nitrogen and oxygen atoms in total. The van der Waals surface area contributed by atoms with Gasteiger partial charge in [0.25, 0.3) is 5.91 Å². The lowest BCUT2D eigenvalue weighted by atomic mass is 10.1. The normalized spacial score (nSPS) is 12.2. The minimum Gasteiger partial charge on any atom is -0.319 e. The highest BCUT2D eigenvalue weighted by atomic mass is 79.9. The van der Waals surface area contributed by atoms with Gasteiger partial charge in [-0.2, -0.15) is 4.99 Å². The molecule has 1 amide bonds. The fourth-order valence-electron chi connectivity index (χ4n) is 2.72. The maximum atomic E-state index is 12.6. The van der Waals surface area contributed by atoms with Crippen LogP contribution in [0.25, 0.3) is 21.1 Å². The lowest BCUT2D eigenvalue weighted by Crippen LogP contribution is -2.13. The van der Waals surface area contributed by atoms with Crippen LogP contribution in [0.15, 0.2) is 58.0 Å². The molecule has 4 rings (SSSR count). The summed E-state index contributed by atoms with van der Waals surface area (Å²) >= 11 is 4.97. The maximum absolute atomic E-state index is 12.6. The first-order valence-electron chi connectivity index (χ1n) is 7.73. The molecule has 0 saturated heterocycles. The summed E-state index contributed by atoms with van der Waals surface area (Å²) in [5, 5.41) is 1.01. The average Bonchev–Trinajstić information content (AvgIpc) is 2.89. The number of benzene rings is 2. The second-order valence-electron chi connectivity index (χ2n) is 5.83. The third kappa shape index (κ3) is 3.03. The molecular weight excluding hydrogens is 398 g/mol. The molecule has 0 aliphatic heterocycles. The number of aromatic nitrogens is 2. The maximum Gasteiger partial charge on any atom is 0.279 e. The highest BCUT2D eigenvalue weighted by Crippen LogP contribution is 2.21. The number of halogens is 1. The van der Waals surface area contributed by atoms with Crippen molar-refractivity contribution in [2.24, 2.45) is 12.0 Å². The number of pyridine rings is 1. The Morgan fingerprint density at radius 2 is 1.96 bits per heavy atom. The van der Waals surface area contributed by atoms with E-state index in [0.717, 1.165) is 31.3 Å². The molecule has 0 spiro atoms. The third-order valence-electron chi connectivity index (χ3n) is 4.05. The molecule has 6 heteroatoms. The molecule has 0 saturated carbocycles. The van der Waals surface area contributed by atoms with Gasteiger partial charge >= 0.3 is 0 Å². The van der Waals surface area contributed by atoms with Crippen LogP contribution in [0, 0.1) is 6.92 Å². The Labute approximate surface area is 156 Å². The second-order valence-corrected chi connectivity index (χ2v) is 7.76. The Balaban J connectivity index is 1.81. The van der Waals surface area contributed by atoms with Crippen molar-refractivity contribution in [3.8, 4) is 0 Å². The first-order chi connectivity index (χ1) is 12.0. The third-order valence-corrected chi connectivity index (χ3v) is 5.63. The van der Waals surface area contributed by atoms with Gasteiger partial charge in [0.1, 0.15) is 0 Å². The topological polar surface area (TPSA) is 47.2 Å². The molecule has 0 radical (unpaired) electrons. The Bertz CT molecular complexity index is 1210. The fraction of sp³-hybridized carbons (Fsp3) is 0.105. The summed E-state index contributed by atoms with van der Waals surface area (Å²) in [7, 11) is 1.92. The van der Waals surface area contributed by atoms with E-state index in [0.29, 0.717) is 10.4 Å². The molecule has 2 aromatic carbocycles. The lowest BCUT2D eigenvalue weighted by molar-refractivity contribution is 0.0998.